The van der Waals surface area contributed by atoms with Crippen molar-refractivity contribution in [1.29, 1.82) is 0 Å². The molecule has 0 aromatic heterocycles. The number of benzodiazepines with no additional fused rings is 1. The summed E-state index contributed by atoms with van der Waals surface area (Å²) in [6.45, 7) is 2.49. The van der Waals surface area contributed by atoms with Crippen LogP contribution in [0, 0.1) is 5.92 Å². The van der Waals surface area contributed by atoms with Crippen LogP contribution in [0.4, 0.5) is 11.4 Å². The Kier molecular flexibility index (Phi) is 10.0. The SMILES string of the molecule is CC(=O)Nc1ccc(O)cc1.COc1ccc2c3c1O[C@H]1[C@@H](O)C=C[C@H]4[C@@H](C2)N(C)CC[C@@]341.O=C1Nc2ccc(Cl)cc2C(c2ccccc2)=NC1O. The predicted molar refractivity (Wildman–Crippen MR) is 203 cm³/mol. The average molecular weight is 737 g/mol. The molecular weight excluding hydrogens is 696 g/mol. The number of hydrogen-bond donors (Lipinski definition) is 5. The second kappa shape index (κ2) is 14.7. The molecule has 1 fully saturated rings. The molecule has 5 aliphatic rings. The number of amides is 2. The lowest BCUT2D eigenvalue weighted by Gasteiger charge is -2.56. The average Bonchev–Trinajstić information content (AvgIpc) is 3.45. The zero-order valence-electron chi connectivity index (χ0n) is 29.5. The third-order valence-electron chi connectivity index (χ3n) is 10.6. The molecule has 2 aliphatic carbocycles. The summed E-state index contributed by atoms with van der Waals surface area (Å²) in [5, 5.41) is 35.0. The molecular formula is C41H41ClN4O7. The van der Waals surface area contributed by atoms with Crippen molar-refractivity contribution in [2.24, 2.45) is 10.9 Å². The van der Waals surface area contributed by atoms with E-state index in [1.807, 2.05) is 42.5 Å². The van der Waals surface area contributed by atoms with E-state index >= 15 is 0 Å². The summed E-state index contributed by atoms with van der Waals surface area (Å²) in [5.41, 5.74) is 5.91. The van der Waals surface area contributed by atoms with Crippen molar-refractivity contribution < 1.29 is 34.4 Å². The molecule has 6 atom stereocenters. The number of fused-ring (bicyclic) bond motifs is 1. The first-order chi connectivity index (χ1) is 25.5. The number of likely N-dealkylation sites (tertiary alicyclic amines) is 1. The summed E-state index contributed by atoms with van der Waals surface area (Å²) >= 11 is 6.03. The molecule has 9 rings (SSSR count). The third kappa shape index (κ3) is 6.77. The van der Waals surface area contributed by atoms with Crippen LogP contribution in [-0.2, 0) is 21.4 Å². The van der Waals surface area contributed by atoms with Crippen molar-refractivity contribution in [3.8, 4) is 17.2 Å². The maximum atomic E-state index is 11.7. The second-order valence-electron chi connectivity index (χ2n) is 13.7. The lowest BCUT2D eigenvalue weighted by Crippen LogP contribution is -2.64. The summed E-state index contributed by atoms with van der Waals surface area (Å²) in [7, 11) is 3.91. The summed E-state index contributed by atoms with van der Waals surface area (Å²) in [6, 6.07) is 25.5. The van der Waals surface area contributed by atoms with E-state index in [9.17, 15) is 19.8 Å². The zero-order valence-corrected chi connectivity index (χ0v) is 30.2. The number of aliphatic hydroxyl groups excluding tert-OH is 2. The number of aliphatic imine (C=N–C) groups is 1. The van der Waals surface area contributed by atoms with Gasteiger partial charge in [-0.2, -0.15) is 0 Å². The normalized spacial score (nSPS) is 25.7. The van der Waals surface area contributed by atoms with E-state index in [-0.39, 0.29) is 23.2 Å². The highest BCUT2D eigenvalue weighted by Crippen LogP contribution is 2.62. The van der Waals surface area contributed by atoms with E-state index in [0.717, 1.165) is 36.4 Å². The molecule has 2 amide bonds. The number of carbonyl (C=O) groups excluding carboxylic acids is 2. The number of nitrogens with one attached hydrogen (secondary N) is 2. The molecule has 3 aliphatic heterocycles. The van der Waals surface area contributed by atoms with Gasteiger partial charge in [-0.25, -0.2) is 4.99 Å². The van der Waals surface area contributed by atoms with Crippen molar-refractivity contribution >= 4 is 40.5 Å². The van der Waals surface area contributed by atoms with Crippen LogP contribution >= 0.6 is 11.6 Å². The Morgan fingerprint density at radius 1 is 1.06 bits per heavy atom. The first-order valence-corrected chi connectivity index (χ1v) is 17.8. The van der Waals surface area contributed by atoms with Crippen LogP contribution in [0.15, 0.2) is 102 Å². The number of phenols is 1. The van der Waals surface area contributed by atoms with Gasteiger partial charge in [0.15, 0.2) is 11.5 Å². The van der Waals surface area contributed by atoms with Crippen molar-refractivity contribution in [2.75, 3.05) is 31.3 Å². The molecule has 11 nitrogen and oxygen atoms in total. The topological polar surface area (TPSA) is 153 Å². The molecule has 2 bridgehead atoms. The summed E-state index contributed by atoms with van der Waals surface area (Å²) in [6.07, 6.45) is 4.10. The molecule has 1 spiro atoms. The number of rotatable bonds is 3. The van der Waals surface area contributed by atoms with Gasteiger partial charge in [-0.15, -0.1) is 0 Å². The number of halogens is 1. The molecule has 4 aromatic rings. The molecule has 0 saturated carbocycles. The highest BCUT2D eigenvalue weighted by atomic mass is 35.5. The lowest BCUT2D eigenvalue weighted by molar-refractivity contribution is -0.123. The van der Waals surface area contributed by atoms with Gasteiger partial charge in [0.25, 0.3) is 5.91 Å². The molecule has 0 radical (unpaired) electrons. The summed E-state index contributed by atoms with van der Waals surface area (Å²) in [4.78, 5) is 28.8. The molecule has 274 valence electrons. The smallest absolute Gasteiger partial charge is 0.276 e. The van der Waals surface area contributed by atoms with Crippen LogP contribution in [0.25, 0.3) is 0 Å². The minimum atomic E-state index is -1.43. The Hall–Kier alpha value is -5.20. The van der Waals surface area contributed by atoms with Gasteiger partial charge in [0.05, 0.1) is 18.5 Å². The fourth-order valence-corrected chi connectivity index (χ4v) is 8.40. The number of hydrogen-bond acceptors (Lipinski definition) is 9. The number of phenolic OH excluding ortho intramolecular Hbond substituents is 1. The largest absolute Gasteiger partial charge is 0.508 e. The first kappa shape index (κ1) is 36.2. The third-order valence-corrected chi connectivity index (χ3v) is 10.8. The number of aliphatic hydroxyl groups is 2. The van der Waals surface area contributed by atoms with Crippen LogP contribution < -0.4 is 20.1 Å². The second-order valence-corrected chi connectivity index (χ2v) is 14.2. The quantitative estimate of drug-likeness (QED) is 0.140. The Labute approximate surface area is 312 Å². The Morgan fingerprint density at radius 3 is 2.53 bits per heavy atom. The minimum Gasteiger partial charge on any atom is -0.508 e. The number of benzene rings is 4. The Bertz CT molecular complexity index is 2090. The fraction of sp³-hybridized carbons (Fsp3) is 0.293. The molecule has 53 heavy (non-hydrogen) atoms. The maximum Gasteiger partial charge on any atom is 0.276 e. The molecule has 5 N–H and O–H groups in total. The number of methoxy groups -OCH3 is 1. The van der Waals surface area contributed by atoms with Gasteiger partial charge in [-0.05, 0) is 80.5 Å². The van der Waals surface area contributed by atoms with Gasteiger partial charge in [0, 0.05) is 51.7 Å². The van der Waals surface area contributed by atoms with Crippen molar-refractivity contribution in [1.82, 2.24) is 4.90 Å². The van der Waals surface area contributed by atoms with Crippen molar-refractivity contribution in [3.63, 3.8) is 0 Å². The van der Waals surface area contributed by atoms with Gasteiger partial charge in [0.2, 0.25) is 12.1 Å². The van der Waals surface area contributed by atoms with E-state index in [1.54, 1.807) is 37.4 Å². The number of anilines is 2. The number of nitrogens with zero attached hydrogens (tertiary/aromatic N) is 2. The Morgan fingerprint density at radius 2 is 1.81 bits per heavy atom. The van der Waals surface area contributed by atoms with Crippen LogP contribution in [0.3, 0.4) is 0 Å². The Balaban J connectivity index is 0.000000130. The van der Waals surface area contributed by atoms with E-state index in [1.165, 1.54) is 30.2 Å². The molecule has 12 heteroatoms. The number of likely N-dealkylation sites (N-methyl/N-ethyl adjacent to an activating group) is 1. The highest BCUT2D eigenvalue weighted by molar-refractivity contribution is 6.32. The van der Waals surface area contributed by atoms with Gasteiger partial charge in [-0.1, -0.05) is 60.2 Å². The zero-order chi connectivity index (χ0) is 37.4. The van der Waals surface area contributed by atoms with Crippen LogP contribution in [-0.4, -0.2) is 82.9 Å². The molecule has 4 aromatic carbocycles. The fourth-order valence-electron chi connectivity index (χ4n) is 8.23. The monoisotopic (exact) mass is 736 g/mol. The van der Waals surface area contributed by atoms with Gasteiger partial charge in [-0.3, -0.25) is 9.59 Å². The first-order valence-electron chi connectivity index (χ1n) is 17.4. The predicted octanol–water partition coefficient (Wildman–Crippen LogP) is 5.30. The van der Waals surface area contributed by atoms with Crippen molar-refractivity contribution in [2.45, 2.75) is 49.7 Å². The summed E-state index contributed by atoms with van der Waals surface area (Å²) < 4.78 is 11.8. The van der Waals surface area contributed by atoms with E-state index in [2.05, 4.69) is 39.7 Å². The van der Waals surface area contributed by atoms with Gasteiger partial charge >= 0.3 is 0 Å². The summed E-state index contributed by atoms with van der Waals surface area (Å²) in [5.74, 6) is 1.61. The van der Waals surface area contributed by atoms with Crippen LogP contribution in [0.2, 0.25) is 5.02 Å². The van der Waals surface area contributed by atoms with Crippen LogP contribution in [0.1, 0.15) is 35.6 Å². The van der Waals surface area contributed by atoms with E-state index < -0.39 is 18.2 Å². The molecule has 1 saturated heterocycles. The number of ether oxygens (including phenoxy) is 2. The number of aromatic hydroxyl groups is 1. The maximum absolute atomic E-state index is 11.7. The van der Waals surface area contributed by atoms with Gasteiger partial charge < -0.3 is 40.3 Å². The molecule has 3 heterocycles. The lowest BCUT2D eigenvalue weighted by atomic mass is 9.53. The molecule has 1 unspecified atom stereocenters. The van der Waals surface area contributed by atoms with Crippen LogP contribution in [0.5, 0.6) is 17.2 Å². The number of piperidine rings is 1. The van der Waals surface area contributed by atoms with Crippen molar-refractivity contribution in [3.05, 3.63) is 124 Å². The standard InChI is InChI=1S/C18H21NO3.C15H11ClN2O2.C8H9NO2/c1-19-8-7-18-11-4-5-13(20)17(18)22-16-14(21-2)6-3-10(15(16)18)9-12(11)19;16-10-6-7-12-11(8-10)13(9-4-2-1-3-5-9)18-15(20)14(19)17-12;1-6(10)9-7-2-4-8(11)5-3-7/h3-6,11-13,17,20H,7-9H2,1-2H3;1-8,15,20H,(H,17,19);2-5,11H,1H3,(H,9,10)/t11-,12+,13-,17-,18-;;/m0../s1. The van der Waals surface area contributed by atoms with Gasteiger partial charge in [0.1, 0.15) is 18.0 Å². The minimum absolute atomic E-state index is 0.0806. The highest BCUT2D eigenvalue weighted by Gasteiger charge is 2.64. The van der Waals surface area contributed by atoms with E-state index in [0.29, 0.717) is 39.6 Å². The van der Waals surface area contributed by atoms with E-state index in [4.69, 9.17) is 26.2 Å². The number of carbonyl (C=O) groups is 2.